The van der Waals surface area contributed by atoms with Crippen molar-refractivity contribution in [3.8, 4) is 0 Å². The van der Waals surface area contributed by atoms with E-state index in [1.54, 1.807) is 0 Å². The summed E-state index contributed by atoms with van der Waals surface area (Å²) in [6, 6.07) is 1.10. The van der Waals surface area contributed by atoms with Gasteiger partial charge >= 0.3 is 0 Å². The lowest BCUT2D eigenvalue weighted by molar-refractivity contribution is 0.315. The first-order chi connectivity index (χ1) is 7.47. The van der Waals surface area contributed by atoms with E-state index >= 15 is 0 Å². The number of hydrogen-bond donors (Lipinski definition) is 1. The zero-order valence-electron chi connectivity index (χ0n) is 10.9. The normalized spacial score (nSPS) is 28.5. The van der Waals surface area contributed by atoms with Crippen LogP contribution in [-0.2, 0) is 0 Å². The number of aliphatic imine (C=N–C) groups is 1. The fourth-order valence-electron chi connectivity index (χ4n) is 2.13. The van der Waals surface area contributed by atoms with Crippen LogP contribution < -0.4 is 5.32 Å². The Hall–Kier alpha value is -0.180. The van der Waals surface area contributed by atoms with Crippen molar-refractivity contribution in [2.75, 3.05) is 5.75 Å². The Labute approximate surface area is 104 Å². The summed E-state index contributed by atoms with van der Waals surface area (Å²) >= 11 is 1.90. The molecule has 2 unspecified atom stereocenters. The highest BCUT2D eigenvalue weighted by Crippen LogP contribution is 2.34. The Morgan fingerprint density at radius 1 is 1.31 bits per heavy atom. The molecule has 0 aromatic rings. The molecule has 16 heavy (non-hydrogen) atoms. The molecule has 2 aliphatic rings. The van der Waals surface area contributed by atoms with Crippen LogP contribution in [-0.4, -0.2) is 23.0 Å². The summed E-state index contributed by atoms with van der Waals surface area (Å²) < 4.78 is 0. The molecule has 0 radical (unpaired) electrons. The van der Waals surface area contributed by atoms with Crippen LogP contribution in [0.5, 0.6) is 0 Å². The van der Waals surface area contributed by atoms with E-state index in [-0.39, 0.29) is 0 Å². The molecule has 0 spiro atoms. The van der Waals surface area contributed by atoms with Gasteiger partial charge in [-0.25, -0.2) is 0 Å². The molecule has 1 fully saturated rings. The SMILES string of the molecule is CC(NC1=NC(C(C)(C)C)CCS1)C1CC1. The first kappa shape index (κ1) is 12.3. The largest absolute Gasteiger partial charge is 0.362 e. The maximum atomic E-state index is 4.87. The van der Waals surface area contributed by atoms with E-state index in [1.165, 1.54) is 30.2 Å². The second kappa shape index (κ2) is 4.59. The van der Waals surface area contributed by atoms with Gasteiger partial charge in [-0.3, -0.25) is 4.99 Å². The Morgan fingerprint density at radius 3 is 2.56 bits per heavy atom. The van der Waals surface area contributed by atoms with Crippen LogP contribution in [0.3, 0.4) is 0 Å². The van der Waals surface area contributed by atoms with Crippen molar-refractivity contribution in [1.82, 2.24) is 5.32 Å². The Balaban J connectivity index is 1.95. The zero-order valence-corrected chi connectivity index (χ0v) is 11.7. The first-order valence-corrected chi connectivity index (χ1v) is 7.42. The lowest BCUT2D eigenvalue weighted by atomic mass is 9.85. The van der Waals surface area contributed by atoms with Gasteiger partial charge < -0.3 is 5.32 Å². The van der Waals surface area contributed by atoms with Crippen molar-refractivity contribution < 1.29 is 0 Å². The van der Waals surface area contributed by atoms with Crippen LogP contribution >= 0.6 is 11.8 Å². The maximum absolute atomic E-state index is 4.87. The predicted octanol–water partition coefficient (Wildman–Crippen LogP) is 3.28. The quantitative estimate of drug-likeness (QED) is 0.801. The molecule has 0 amide bonds. The molecule has 3 heteroatoms. The number of amidine groups is 1. The van der Waals surface area contributed by atoms with E-state index < -0.39 is 0 Å². The van der Waals surface area contributed by atoms with Crippen LogP contribution in [0.15, 0.2) is 4.99 Å². The topological polar surface area (TPSA) is 24.4 Å². The minimum Gasteiger partial charge on any atom is -0.362 e. The number of nitrogens with zero attached hydrogens (tertiary/aromatic N) is 1. The zero-order chi connectivity index (χ0) is 11.8. The van der Waals surface area contributed by atoms with Crippen molar-refractivity contribution in [2.45, 2.75) is 59.0 Å². The molecule has 2 nitrogen and oxygen atoms in total. The van der Waals surface area contributed by atoms with E-state index in [9.17, 15) is 0 Å². The molecule has 92 valence electrons. The van der Waals surface area contributed by atoms with Crippen molar-refractivity contribution >= 4 is 16.9 Å². The molecular formula is C13H24N2S. The third kappa shape index (κ3) is 3.16. The van der Waals surface area contributed by atoms with Gasteiger partial charge in [-0.15, -0.1) is 0 Å². The number of nitrogens with one attached hydrogen (secondary N) is 1. The van der Waals surface area contributed by atoms with Gasteiger partial charge in [0.05, 0.1) is 6.04 Å². The Morgan fingerprint density at radius 2 is 2.00 bits per heavy atom. The first-order valence-electron chi connectivity index (χ1n) is 6.44. The maximum Gasteiger partial charge on any atom is 0.157 e. The summed E-state index contributed by atoms with van der Waals surface area (Å²) in [6.07, 6.45) is 4.01. The molecule has 1 heterocycles. The summed E-state index contributed by atoms with van der Waals surface area (Å²) in [5.74, 6) is 2.11. The van der Waals surface area contributed by atoms with E-state index in [2.05, 4.69) is 33.0 Å². The highest BCUT2D eigenvalue weighted by Gasteiger charge is 2.31. The third-order valence-electron chi connectivity index (χ3n) is 3.58. The lowest BCUT2D eigenvalue weighted by Gasteiger charge is -2.31. The minimum absolute atomic E-state index is 0.302. The summed E-state index contributed by atoms with van der Waals surface area (Å²) in [7, 11) is 0. The van der Waals surface area contributed by atoms with Gasteiger partial charge in [0, 0.05) is 11.8 Å². The van der Waals surface area contributed by atoms with E-state index in [4.69, 9.17) is 4.99 Å². The Kier molecular flexibility index (Phi) is 3.53. The second-order valence-electron chi connectivity index (χ2n) is 6.22. The molecule has 1 saturated carbocycles. The molecule has 0 aromatic carbocycles. The standard InChI is InChI=1S/C13H24N2S/c1-9(10-5-6-10)14-12-15-11(7-8-16-12)13(2,3)4/h9-11H,5-8H2,1-4H3,(H,14,15). The molecule has 2 rings (SSSR count). The average molecular weight is 240 g/mol. The number of rotatable bonds is 2. The highest BCUT2D eigenvalue weighted by atomic mass is 32.2. The van der Waals surface area contributed by atoms with Crippen LogP contribution in [0.4, 0.5) is 0 Å². The summed E-state index contributed by atoms with van der Waals surface area (Å²) in [5.41, 5.74) is 0.302. The van der Waals surface area contributed by atoms with Crippen LogP contribution in [0, 0.1) is 11.3 Å². The van der Waals surface area contributed by atoms with E-state index in [0.717, 1.165) is 5.92 Å². The van der Waals surface area contributed by atoms with Gasteiger partial charge in [0.2, 0.25) is 0 Å². The molecule has 0 bridgehead atoms. The molecule has 2 atom stereocenters. The molecule has 0 aromatic heterocycles. The minimum atomic E-state index is 0.302. The monoisotopic (exact) mass is 240 g/mol. The molecular weight excluding hydrogens is 216 g/mol. The summed E-state index contributed by atoms with van der Waals surface area (Å²) in [4.78, 5) is 4.87. The highest BCUT2D eigenvalue weighted by molar-refractivity contribution is 8.13. The van der Waals surface area contributed by atoms with Gasteiger partial charge in [0.25, 0.3) is 0 Å². The molecule has 1 N–H and O–H groups in total. The third-order valence-corrected chi connectivity index (χ3v) is 4.52. The Bertz CT molecular complexity index is 276. The molecule has 1 aliphatic carbocycles. The average Bonchev–Trinajstić information content (AvgIpc) is 2.99. The van der Waals surface area contributed by atoms with E-state index in [1.807, 2.05) is 11.8 Å². The van der Waals surface area contributed by atoms with Gasteiger partial charge in [0.15, 0.2) is 5.17 Å². The van der Waals surface area contributed by atoms with Crippen molar-refractivity contribution in [3.05, 3.63) is 0 Å². The lowest BCUT2D eigenvalue weighted by Crippen LogP contribution is -2.37. The van der Waals surface area contributed by atoms with Crippen LogP contribution in [0.2, 0.25) is 0 Å². The number of thioether (sulfide) groups is 1. The van der Waals surface area contributed by atoms with Crippen molar-refractivity contribution in [1.29, 1.82) is 0 Å². The predicted molar refractivity (Wildman–Crippen MR) is 73.1 cm³/mol. The summed E-state index contributed by atoms with van der Waals surface area (Å²) in [6.45, 7) is 9.17. The van der Waals surface area contributed by atoms with Gasteiger partial charge in [-0.1, -0.05) is 32.5 Å². The van der Waals surface area contributed by atoms with Gasteiger partial charge in [0.1, 0.15) is 0 Å². The smallest absolute Gasteiger partial charge is 0.157 e. The summed E-state index contributed by atoms with van der Waals surface area (Å²) in [5, 5.41) is 4.78. The number of hydrogen-bond acceptors (Lipinski definition) is 3. The van der Waals surface area contributed by atoms with E-state index in [0.29, 0.717) is 17.5 Å². The molecule has 1 aliphatic heterocycles. The van der Waals surface area contributed by atoms with Gasteiger partial charge in [-0.2, -0.15) is 0 Å². The van der Waals surface area contributed by atoms with Gasteiger partial charge in [-0.05, 0) is 37.5 Å². The van der Waals surface area contributed by atoms with Crippen molar-refractivity contribution in [3.63, 3.8) is 0 Å². The second-order valence-corrected chi connectivity index (χ2v) is 7.31. The molecule has 0 saturated heterocycles. The van der Waals surface area contributed by atoms with Crippen molar-refractivity contribution in [2.24, 2.45) is 16.3 Å². The van der Waals surface area contributed by atoms with Crippen LogP contribution in [0.1, 0.15) is 47.0 Å². The van der Waals surface area contributed by atoms with Crippen LogP contribution in [0.25, 0.3) is 0 Å². The fraction of sp³-hybridized carbons (Fsp3) is 0.923. The fourth-order valence-corrected chi connectivity index (χ4v) is 3.13.